The van der Waals surface area contributed by atoms with Gasteiger partial charge in [0.15, 0.2) is 5.72 Å². The second kappa shape index (κ2) is 7.98. The van der Waals surface area contributed by atoms with Crippen LogP contribution in [0, 0.1) is 6.92 Å². The number of methoxy groups -OCH3 is 1. The summed E-state index contributed by atoms with van der Waals surface area (Å²) in [5, 5.41) is 18.2. The third-order valence-corrected chi connectivity index (χ3v) is 5.57. The van der Waals surface area contributed by atoms with Gasteiger partial charge in [0.05, 0.1) is 6.04 Å². The number of alkyl halides is 1. The van der Waals surface area contributed by atoms with Gasteiger partial charge in [0.1, 0.15) is 5.82 Å². The highest BCUT2D eigenvalue weighted by atomic mass is 19.1. The van der Waals surface area contributed by atoms with Gasteiger partial charge in [-0.15, -0.1) is 5.10 Å². The molecule has 3 atom stereocenters. The fourth-order valence-electron chi connectivity index (χ4n) is 4.08. The number of nitrogens with zero attached hydrogens (tertiary/aromatic N) is 4. The summed E-state index contributed by atoms with van der Waals surface area (Å²) >= 11 is 0. The molecule has 3 aromatic rings. The predicted molar refractivity (Wildman–Crippen MR) is 106 cm³/mol. The van der Waals surface area contributed by atoms with Gasteiger partial charge in [-0.05, 0) is 22.9 Å². The van der Waals surface area contributed by atoms with Crippen molar-refractivity contribution >= 4 is 0 Å². The first-order chi connectivity index (χ1) is 14.1. The quantitative estimate of drug-likeness (QED) is 0.624. The molecule has 0 saturated carbocycles. The first kappa shape index (κ1) is 19.6. The molecule has 2 N–H and O–H groups in total. The van der Waals surface area contributed by atoms with Crippen molar-refractivity contribution in [2.24, 2.45) is 0 Å². The van der Waals surface area contributed by atoms with Gasteiger partial charge < -0.3 is 4.74 Å². The molecule has 1 aromatic heterocycles. The number of ether oxygens (including phenoxy) is 1. The van der Waals surface area contributed by atoms with Crippen LogP contribution in [0.4, 0.5) is 4.39 Å². The standard InChI is InChI=1S/C21H25FN6O/c1-16-25-26-27-28(16)19-13-20(22,23-14-17-9-5-3-6-10-17)21(29-2,24-15-19)18-11-7-4-8-12-18/h3-12,19,23-24H,13-15H2,1-2H3/t19?,20-,21+/m1/s1. The topological polar surface area (TPSA) is 76.9 Å². The maximum Gasteiger partial charge on any atom is 0.211 e. The molecule has 1 aliphatic heterocycles. The Bertz CT molecular complexity index is 937. The minimum absolute atomic E-state index is 0.140. The summed E-state index contributed by atoms with van der Waals surface area (Å²) < 4.78 is 24.4. The molecule has 1 saturated heterocycles. The second-order valence-electron chi connectivity index (χ2n) is 7.30. The summed E-state index contributed by atoms with van der Waals surface area (Å²) in [4.78, 5) is 0. The summed E-state index contributed by atoms with van der Waals surface area (Å²) in [6.45, 7) is 2.64. The lowest BCUT2D eigenvalue weighted by molar-refractivity contribution is -0.199. The van der Waals surface area contributed by atoms with E-state index in [0.717, 1.165) is 11.1 Å². The van der Waals surface area contributed by atoms with Crippen molar-refractivity contribution in [3.8, 4) is 0 Å². The molecule has 7 nitrogen and oxygen atoms in total. The number of aryl methyl sites for hydroxylation is 1. The highest BCUT2D eigenvalue weighted by Crippen LogP contribution is 2.44. The van der Waals surface area contributed by atoms with Gasteiger partial charge in [-0.2, -0.15) is 0 Å². The van der Waals surface area contributed by atoms with Gasteiger partial charge in [-0.25, -0.2) is 9.07 Å². The molecule has 0 spiro atoms. The van der Waals surface area contributed by atoms with Crippen LogP contribution in [0.15, 0.2) is 60.7 Å². The molecule has 2 aromatic carbocycles. The Balaban J connectivity index is 1.70. The number of benzene rings is 2. The lowest BCUT2D eigenvalue weighted by atomic mass is 9.83. The van der Waals surface area contributed by atoms with E-state index in [2.05, 4.69) is 26.2 Å². The second-order valence-corrected chi connectivity index (χ2v) is 7.30. The zero-order valence-corrected chi connectivity index (χ0v) is 16.5. The Morgan fingerprint density at radius 2 is 1.86 bits per heavy atom. The van der Waals surface area contributed by atoms with E-state index in [-0.39, 0.29) is 12.5 Å². The zero-order valence-electron chi connectivity index (χ0n) is 16.5. The Labute approximate surface area is 169 Å². The summed E-state index contributed by atoms with van der Waals surface area (Å²) in [5.41, 5.74) is 0.363. The van der Waals surface area contributed by atoms with Gasteiger partial charge >= 0.3 is 0 Å². The minimum Gasteiger partial charge on any atom is -0.355 e. The van der Waals surface area contributed by atoms with E-state index in [1.54, 1.807) is 4.68 Å². The van der Waals surface area contributed by atoms with E-state index >= 15 is 4.39 Å². The Morgan fingerprint density at radius 3 is 2.48 bits per heavy atom. The number of rotatable bonds is 6. The third-order valence-electron chi connectivity index (χ3n) is 5.57. The van der Waals surface area contributed by atoms with Crippen LogP contribution in [0.25, 0.3) is 0 Å². The van der Waals surface area contributed by atoms with Crippen molar-refractivity contribution < 1.29 is 9.13 Å². The van der Waals surface area contributed by atoms with Crippen LogP contribution >= 0.6 is 0 Å². The predicted octanol–water partition coefficient (Wildman–Crippen LogP) is 2.47. The molecule has 1 fully saturated rings. The Hall–Kier alpha value is -2.68. The number of hydrogen-bond acceptors (Lipinski definition) is 6. The molecule has 29 heavy (non-hydrogen) atoms. The average molecular weight is 396 g/mol. The van der Waals surface area contributed by atoms with Crippen molar-refractivity contribution in [1.82, 2.24) is 30.8 Å². The molecular weight excluding hydrogens is 371 g/mol. The Kier molecular flexibility index (Phi) is 5.40. The maximum absolute atomic E-state index is 16.9. The smallest absolute Gasteiger partial charge is 0.211 e. The zero-order chi connectivity index (χ0) is 20.3. The van der Waals surface area contributed by atoms with Crippen molar-refractivity contribution in [1.29, 1.82) is 0 Å². The van der Waals surface area contributed by atoms with Crippen LogP contribution in [0.5, 0.6) is 0 Å². The molecule has 1 aliphatic rings. The highest BCUT2D eigenvalue weighted by molar-refractivity contribution is 5.28. The van der Waals surface area contributed by atoms with E-state index in [1.165, 1.54) is 7.11 Å². The minimum atomic E-state index is -1.92. The first-order valence-electron chi connectivity index (χ1n) is 9.66. The number of piperidine rings is 1. The average Bonchev–Trinajstić information content (AvgIpc) is 3.20. The van der Waals surface area contributed by atoms with Crippen LogP contribution in [0.2, 0.25) is 0 Å². The van der Waals surface area contributed by atoms with Gasteiger partial charge in [0.25, 0.3) is 0 Å². The number of nitrogens with one attached hydrogen (secondary N) is 2. The highest BCUT2D eigenvalue weighted by Gasteiger charge is 2.58. The van der Waals surface area contributed by atoms with Gasteiger partial charge in [0, 0.05) is 32.2 Å². The molecule has 0 amide bonds. The first-order valence-corrected chi connectivity index (χ1v) is 9.66. The molecule has 0 radical (unpaired) electrons. The summed E-state index contributed by atoms with van der Waals surface area (Å²) in [6, 6.07) is 18.9. The molecular formula is C21H25FN6O. The van der Waals surface area contributed by atoms with Crippen LogP contribution in [0.3, 0.4) is 0 Å². The third kappa shape index (κ3) is 3.55. The molecule has 0 bridgehead atoms. The van der Waals surface area contributed by atoms with E-state index in [4.69, 9.17) is 4.74 Å². The van der Waals surface area contributed by atoms with E-state index < -0.39 is 11.5 Å². The number of halogens is 1. The molecule has 2 heterocycles. The van der Waals surface area contributed by atoms with Gasteiger partial charge in [-0.3, -0.25) is 10.6 Å². The lowest BCUT2D eigenvalue weighted by Gasteiger charge is -2.50. The van der Waals surface area contributed by atoms with E-state index in [1.807, 2.05) is 67.6 Å². The van der Waals surface area contributed by atoms with Gasteiger partial charge in [-0.1, -0.05) is 60.7 Å². The monoisotopic (exact) mass is 396 g/mol. The number of tetrazole rings is 1. The number of aromatic nitrogens is 4. The van der Waals surface area contributed by atoms with Crippen molar-refractivity contribution in [2.75, 3.05) is 13.7 Å². The molecule has 1 unspecified atom stereocenters. The normalized spacial score (nSPS) is 27.1. The van der Waals surface area contributed by atoms with Crippen LogP contribution in [-0.2, 0) is 17.0 Å². The molecule has 8 heteroatoms. The molecule has 152 valence electrons. The fourth-order valence-corrected chi connectivity index (χ4v) is 4.08. The van der Waals surface area contributed by atoms with E-state index in [0.29, 0.717) is 18.9 Å². The van der Waals surface area contributed by atoms with Crippen molar-refractivity contribution in [2.45, 2.75) is 37.4 Å². The molecule has 4 rings (SSSR count). The largest absolute Gasteiger partial charge is 0.355 e. The van der Waals surface area contributed by atoms with Crippen LogP contribution < -0.4 is 10.6 Å². The van der Waals surface area contributed by atoms with Crippen molar-refractivity contribution in [3.63, 3.8) is 0 Å². The fraction of sp³-hybridized carbons (Fsp3) is 0.381. The van der Waals surface area contributed by atoms with Crippen LogP contribution in [-0.4, -0.2) is 39.7 Å². The van der Waals surface area contributed by atoms with Crippen LogP contribution in [0.1, 0.15) is 29.4 Å². The Morgan fingerprint density at radius 1 is 1.17 bits per heavy atom. The van der Waals surface area contributed by atoms with E-state index in [9.17, 15) is 0 Å². The maximum atomic E-state index is 16.9. The lowest BCUT2D eigenvalue weighted by Crippen LogP contribution is -2.70. The summed E-state index contributed by atoms with van der Waals surface area (Å²) in [7, 11) is 1.53. The SMILES string of the molecule is CO[C@]1(c2ccccc2)NCC(n2nnnc2C)C[C@@]1(F)NCc1ccccc1. The summed E-state index contributed by atoms with van der Waals surface area (Å²) in [5.74, 6) is -1.27. The van der Waals surface area contributed by atoms with Gasteiger partial charge in [0.2, 0.25) is 5.79 Å². The summed E-state index contributed by atoms with van der Waals surface area (Å²) in [6.07, 6.45) is 0.140. The van der Waals surface area contributed by atoms with Crippen molar-refractivity contribution in [3.05, 3.63) is 77.6 Å². The number of hydrogen-bond donors (Lipinski definition) is 2. The molecule has 0 aliphatic carbocycles.